The van der Waals surface area contributed by atoms with Gasteiger partial charge in [0.05, 0.1) is 6.67 Å². The topological polar surface area (TPSA) is 26.0 Å². The first kappa shape index (κ1) is 10.2. The van der Waals surface area contributed by atoms with E-state index in [1.165, 1.54) is 0 Å². The molecule has 2 N–H and O–H groups in total. The summed E-state index contributed by atoms with van der Waals surface area (Å²) in [6.45, 7) is -0.669. The minimum absolute atomic E-state index is 0. The summed E-state index contributed by atoms with van der Waals surface area (Å²) in [7, 11) is 0. The highest BCUT2D eigenvalue weighted by Crippen LogP contribution is 1.86. The van der Waals surface area contributed by atoms with Crippen LogP contribution in [0.25, 0.3) is 0 Å². The number of hydrogen-bond acceptors (Lipinski definition) is 1. The second-order valence-electron chi connectivity index (χ2n) is 0.994. The molecule has 0 aliphatic carbocycles. The highest BCUT2D eigenvalue weighted by molar-refractivity contribution is 5.85. The molecule has 0 rings (SSSR count). The van der Waals surface area contributed by atoms with E-state index in [0.29, 0.717) is 0 Å². The summed E-state index contributed by atoms with van der Waals surface area (Å²) in [4.78, 5) is 0. The molecule has 0 saturated heterocycles. The van der Waals surface area contributed by atoms with Crippen LogP contribution < -0.4 is 5.73 Å². The molecule has 1 atom stereocenters. The van der Waals surface area contributed by atoms with Crippen molar-refractivity contribution in [1.29, 1.82) is 0 Å². The van der Waals surface area contributed by atoms with Gasteiger partial charge < -0.3 is 5.73 Å². The Morgan fingerprint density at radius 1 is 1.57 bits per heavy atom. The van der Waals surface area contributed by atoms with Crippen molar-refractivity contribution in [2.45, 2.75) is 12.7 Å². The van der Waals surface area contributed by atoms with Crippen molar-refractivity contribution >= 4 is 12.4 Å². The highest BCUT2D eigenvalue weighted by Gasteiger charge is 1.92. The molecule has 0 aromatic heterocycles. The zero-order chi connectivity index (χ0) is 4.99. The molecule has 0 spiro atoms. The van der Waals surface area contributed by atoms with Crippen molar-refractivity contribution in [3.63, 3.8) is 0 Å². The maximum absolute atomic E-state index is 11.2. The van der Waals surface area contributed by atoms with Gasteiger partial charge in [-0.2, -0.15) is 0 Å². The number of alkyl halides is 2. The monoisotopic (exact) mass is 131 g/mol. The predicted molar refractivity (Wildman–Crippen MR) is 26.9 cm³/mol. The molecule has 0 bridgehead atoms. The van der Waals surface area contributed by atoms with Crippen LogP contribution in [0.4, 0.5) is 8.78 Å². The van der Waals surface area contributed by atoms with Crippen LogP contribution in [0.5, 0.6) is 0 Å². The Bertz CT molecular complexity index is 34.1. The van der Waals surface area contributed by atoms with Gasteiger partial charge in [-0.05, 0) is 0 Å². The molecule has 46 valence electrons. The van der Waals surface area contributed by atoms with Gasteiger partial charge in [-0.15, -0.1) is 12.4 Å². The second-order valence-corrected chi connectivity index (χ2v) is 0.994. The maximum atomic E-state index is 11.2. The Hall–Kier alpha value is 0.110. The third kappa shape index (κ3) is 10.7. The van der Waals surface area contributed by atoms with Crippen LogP contribution in [0.1, 0.15) is 6.42 Å². The maximum Gasteiger partial charge on any atom is 0.151 e. The molecule has 4 heteroatoms. The fraction of sp³-hybridized carbons (Fsp3) is 1.00. The van der Waals surface area contributed by atoms with Crippen molar-refractivity contribution in [2.24, 2.45) is 5.73 Å². The quantitative estimate of drug-likeness (QED) is 0.557. The lowest BCUT2D eigenvalue weighted by molar-refractivity contribution is 0.291. The molecule has 1 nitrogen and oxygen atoms in total. The summed E-state index contributed by atoms with van der Waals surface area (Å²) in [6.07, 6.45) is -1.66. The van der Waals surface area contributed by atoms with E-state index in [1.807, 2.05) is 0 Å². The fourth-order valence-electron chi connectivity index (χ4n) is 0.104. The van der Waals surface area contributed by atoms with E-state index in [-0.39, 0.29) is 18.8 Å². The first-order chi connectivity index (χ1) is 2.77. The van der Waals surface area contributed by atoms with Crippen molar-refractivity contribution < 1.29 is 8.78 Å². The van der Waals surface area contributed by atoms with E-state index in [4.69, 9.17) is 0 Å². The molecule has 0 heterocycles. The summed E-state index contributed by atoms with van der Waals surface area (Å²) < 4.78 is 22.2. The van der Waals surface area contributed by atoms with Crippen LogP contribution in [0.2, 0.25) is 0 Å². The van der Waals surface area contributed by atoms with E-state index in [0.717, 1.165) is 0 Å². The van der Waals surface area contributed by atoms with Crippen LogP contribution in [0, 0.1) is 0 Å². The van der Waals surface area contributed by atoms with Crippen LogP contribution in [-0.4, -0.2) is 13.0 Å². The van der Waals surface area contributed by atoms with Crippen LogP contribution in [0.3, 0.4) is 0 Å². The molecule has 0 saturated carbocycles. The molecule has 0 aromatic carbocycles. The lowest BCUT2D eigenvalue weighted by Gasteiger charge is -1.90. The number of rotatable bonds is 2. The fourth-order valence-corrected chi connectivity index (χ4v) is 0.104. The average molecular weight is 132 g/mol. The van der Waals surface area contributed by atoms with Gasteiger partial charge in [0, 0.05) is 6.42 Å². The summed E-state index contributed by atoms with van der Waals surface area (Å²) in [5, 5.41) is 0. The van der Waals surface area contributed by atoms with Gasteiger partial charge in [0.15, 0.2) is 6.30 Å². The van der Waals surface area contributed by atoms with Gasteiger partial charge in [0.1, 0.15) is 0 Å². The third-order valence-corrected chi connectivity index (χ3v) is 0.385. The number of halogens is 3. The van der Waals surface area contributed by atoms with E-state index in [2.05, 4.69) is 5.73 Å². The highest BCUT2D eigenvalue weighted by atomic mass is 35.5. The summed E-state index contributed by atoms with van der Waals surface area (Å²) in [5.41, 5.74) is 4.50. The molecule has 0 fully saturated rings. The van der Waals surface area contributed by atoms with E-state index >= 15 is 0 Å². The minimum Gasteiger partial charge on any atom is -0.302 e. The van der Waals surface area contributed by atoms with Gasteiger partial charge in [-0.3, -0.25) is 4.39 Å². The molecular weight excluding hydrogens is 123 g/mol. The third-order valence-electron chi connectivity index (χ3n) is 0.385. The summed E-state index contributed by atoms with van der Waals surface area (Å²) >= 11 is 0. The first-order valence-corrected chi connectivity index (χ1v) is 1.73. The minimum atomic E-state index is -1.48. The molecule has 0 aliphatic rings. The first-order valence-electron chi connectivity index (χ1n) is 1.73. The van der Waals surface area contributed by atoms with Crippen molar-refractivity contribution in [1.82, 2.24) is 0 Å². The van der Waals surface area contributed by atoms with E-state index in [1.54, 1.807) is 0 Å². The molecular formula is C3H8ClF2N. The Balaban J connectivity index is 0. The normalized spacial score (nSPS) is 12.4. The van der Waals surface area contributed by atoms with Crippen LogP contribution in [0.15, 0.2) is 0 Å². The lowest BCUT2D eigenvalue weighted by Crippen LogP contribution is -2.12. The van der Waals surface area contributed by atoms with Gasteiger partial charge >= 0.3 is 0 Å². The molecule has 0 aromatic rings. The van der Waals surface area contributed by atoms with Crippen LogP contribution >= 0.6 is 12.4 Å². The Morgan fingerprint density at radius 2 is 2.00 bits per heavy atom. The molecule has 7 heavy (non-hydrogen) atoms. The van der Waals surface area contributed by atoms with Crippen LogP contribution in [-0.2, 0) is 0 Å². The Morgan fingerprint density at radius 3 is 2.00 bits per heavy atom. The van der Waals surface area contributed by atoms with Gasteiger partial charge in [-0.1, -0.05) is 0 Å². The van der Waals surface area contributed by atoms with E-state index < -0.39 is 13.0 Å². The largest absolute Gasteiger partial charge is 0.302 e. The predicted octanol–water partition coefficient (Wildman–Crippen LogP) is 1.02. The Labute approximate surface area is 47.3 Å². The number of hydrogen-bond donors (Lipinski definition) is 1. The molecule has 0 amide bonds. The molecule has 0 aliphatic heterocycles. The second kappa shape index (κ2) is 6.11. The average Bonchev–Trinajstić information content (AvgIpc) is 1.35. The van der Waals surface area contributed by atoms with Crippen molar-refractivity contribution in [3.8, 4) is 0 Å². The zero-order valence-electron chi connectivity index (χ0n) is 3.73. The SMILES string of the molecule is Cl.NC(F)CCF. The van der Waals surface area contributed by atoms with E-state index in [9.17, 15) is 8.78 Å². The molecule has 0 radical (unpaired) electrons. The van der Waals surface area contributed by atoms with Gasteiger partial charge in [0.2, 0.25) is 0 Å². The zero-order valence-corrected chi connectivity index (χ0v) is 4.55. The van der Waals surface area contributed by atoms with Gasteiger partial charge in [-0.25, -0.2) is 4.39 Å². The smallest absolute Gasteiger partial charge is 0.151 e. The Kier molecular flexibility index (Phi) is 8.87. The molecule has 1 unspecified atom stereocenters. The number of nitrogens with two attached hydrogens (primary N) is 1. The lowest BCUT2D eigenvalue weighted by atomic mass is 10.5. The summed E-state index contributed by atoms with van der Waals surface area (Å²) in [6, 6.07) is 0. The standard InChI is InChI=1S/C3H7F2N.ClH/c4-2-1-3(5)6;/h3H,1-2,6H2;1H. The van der Waals surface area contributed by atoms with Crippen molar-refractivity contribution in [3.05, 3.63) is 0 Å². The van der Waals surface area contributed by atoms with Crippen molar-refractivity contribution in [2.75, 3.05) is 6.67 Å². The summed E-state index contributed by atoms with van der Waals surface area (Å²) in [5.74, 6) is 0. The van der Waals surface area contributed by atoms with Gasteiger partial charge in [0.25, 0.3) is 0 Å².